The van der Waals surface area contributed by atoms with Crippen molar-refractivity contribution in [3.8, 4) is 11.7 Å². The fourth-order valence-corrected chi connectivity index (χ4v) is 3.69. The number of benzene rings is 1. The number of thioether (sulfide) groups is 1. The maximum absolute atomic E-state index is 13.1. The summed E-state index contributed by atoms with van der Waals surface area (Å²) in [6.07, 6.45) is -1.12. The molecule has 0 bridgehead atoms. The van der Waals surface area contributed by atoms with Gasteiger partial charge in [-0.25, -0.2) is 0 Å². The molecule has 1 N–H and O–H groups in total. The van der Waals surface area contributed by atoms with Crippen LogP contribution < -0.4 is 10.2 Å². The second-order valence-electron chi connectivity index (χ2n) is 6.61. The number of halogens is 3. The molecule has 158 valence electrons. The van der Waals surface area contributed by atoms with Gasteiger partial charge in [0.25, 0.3) is 11.1 Å². The Hall–Kier alpha value is -2.95. The monoisotopic (exact) mass is 438 g/mol. The molecule has 1 amide bonds. The number of furan rings is 1. The Labute approximate surface area is 173 Å². The second-order valence-corrected chi connectivity index (χ2v) is 7.54. The van der Waals surface area contributed by atoms with Gasteiger partial charge >= 0.3 is 6.18 Å². The molecule has 0 unspecified atom stereocenters. The Bertz CT molecular complexity index is 1010. The summed E-state index contributed by atoms with van der Waals surface area (Å²) in [4.78, 5) is 14.4. The molecule has 2 aromatic heterocycles. The zero-order valence-electron chi connectivity index (χ0n) is 15.6. The van der Waals surface area contributed by atoms with E-state index >= 15 is 0 Å². The average molecular weight is 438 g/mol. The van der Waals surface area contributed by atoms with Gasteiger partial charge in [-0.2, -0.15) is 13.2 Å². The van der Waals surface area contributed by atoms with Crippen LogP contribution in [0.25, 0.3) is 11.7 Å². The van der Waals surface area contributed by atoms with Crippen molar-refractivity contribution in [1.29, 1.82) is 0 Å². The highest BCUT2D eigenvalue weighted by molar-refractivity contribution is 7.99. The molecule has 0 spiro atoms. The Kier molecular flexibility index (Phi) is 5.71. The molecular weight excluding hydrogens is 421 g/mol. The maximum Gasteiger partial charge on any atom is 0.416 e. The lowest BCUT2D eigenvalue weighted by Crippen LogP contribution is -2.22. The van der Waals surface area contributed by atoms with Crippen LogP contribution in [-0.2, 0) is 11.0 Å². The topological polar surface area (TPSA) is 84.4 Å². The first-order chi connectivity index (χ1) is 14.4. The highest BCUT2D eigenvalue weighted by Gasteiger charge is 2.32. The minimum Gasteiger partial charge on any atom is -0.459 e. The van der Waals surface area contributed by atoms with Gasteiger partial charge in [-0.3, -0.25) is 4.79 Å². The van der Waals surface area contributed by atoms with Gasteiger partial charge in [0, 0.05) is 13.1 Å². The Morgan fingerprint density at radius 1 is 1.20 bits per heavy atom. The molecule has 0 aliphatic carbocycles. The molecule has 30 heavy (non-hydrogen) atoms. The number of nitrogens with zero attached hydrogens (tertiary/aromatic N) is 3. The van der Waals surface area contributed by atoms with E-state index in [1.165, 1.54) is 12.3 Å². The molecule has 11 heteroatoms. The van der Waals surface area contributed by atoms with E-state index in [1.807, 2.05) is 4.90 Å². The van der Waals surface area contributed by atoms with E-state index < -0.39 is 17.6 Å². The zero-order valence-corrected chi connectivity index (χ0v) is 16.4. The van der Waals surface area contributed by atoms with Gasteiger partial charge in [0.15, 0.2) is 5.76 Å². The van der Waals surface area contributed by atoms with Gasteiger partial charge in [0.2, 0.25) is 5.91 Å². The molecule has 1 fully saturated rings. The summed E-state index contributed by atoms with van der Waals surface area (Å²) in [5, 5.41) is 10.4. The van der Waals surface area contributed by atoms with Crippen molar-refractivity contribution >= 4 is 29.0 Å². The molecule has 7 nitrogen and oxygen atoms in total. The number of alkyl halides is 3. The maximum atomic E-state index is 13.1. The summed E-state index contributed by atoms with van der Waals surface area (Å²) >= 11 is 0.984. The quantitative estimate of drug-likeness (QED) is 0.560. The van der Waals surface area contributed by atoms with E-state index in [-0.39, 0.29) is 22.6 Å². The minimum absolute atomic E-state index is 0.102. The normalized spacial score (nSPS) is 14.3. The number of amides is 1. The van der Waals surface area contributed by atoms with Crippen LogP contribution in [0.2, 0.25) is 0 Å². The van der Waals surface area contributed by atoms with Gasteiger partial charge in [0.1, 0.15) is 0 Å². The SMILES string of the molecule is O=C(CSc1nnc(-c2ccco2)o1)Nc1cc(C(F)(F)F)ccc1N1CCCC1. The van der Waals surface area contributed by atoms with Crippen LogP contribution in [0.15, 0.2) is 50.7 Å². The van der Waals surface area contributed by atoms with Crippen LogP contribution in [0.1, 0.15) is 18.4 Å². The summed E-state index contributed by atoms with van der Waals surface area (Å²) in [6, 6.07) is 6.74. The molecule has 4 rings (SSSR count). The number of hydrogen-bond acceptors (Lipinski definition) is 7. The van der Waals surface area contributed by atoms with Crippen molar-refractivity contribution in [2.75, 3.05) is 29.1 Å². The fraction of sp³-hybridized carbons (Fsp3) is 0.316. The molecule has 0 radical (unpaired) electrons. The van der Waals surface area contributed by atoms with Crippen LogP contribution in [0.4, 0.5) is 24.5 Å². The molecule has 1 aromatic carbocycles. The third kappa shape index (κ3) is 4.61. The Morgan fingerprint density at radius 3 is 2.70 bits per heavy atom. The van der Waals surface area contributed by atoms with Crippen molar-refractivity contribution < 1.29 is 26.8 Å². The lowest BCUT2D eigenvalue weighted by Gasteiger charge is -2.22. The summed E-state index contributed by atoms with van der Waals surface area (Å²) in [5.41, 5.74) is -0.0933. The van der Waals surface area contributed by atoms with E-state index in [2.05, 4.69) is 15.5 Å². The van der Waals surface area contributed by atoms with Crippen LogP contribution in [0.5, 0.6) is 0 Å². The van der Waals surface area contributed by atoms with E-state index in [9.17, 15) is 18.0 Å². The number of rotatable bonds is 6. The molecule has 0 atom stereocenters. The fourth-order valence-electron chi connectivity index (χ4n) is 3.13. The summed E-state index contributed by atoms with van der Waals surface area (Å²) in [5.74, 6) is 0.00259. The van der Waals surface area contributed by atoms with E-state index in [0.717, 1.165) is 49.8 Å². The molecule has 3 aromatic rings. The van der Waals surface area contributed by atoms with Crippen molar-refractivity contribution in [3.05, 3.63) is 42.2 Å². The van der Waals surface area contributed by atoms with Crippen LogP contribution in [0.3, 0.4) is 0 Å². The van der Waals surface area contributed by atoms with E-state index in [4.69, 9.17) is 8.83 Å². The first-order valence-corrected chi connectivity index (χ1v) is 10.1. The van der Waals surface area contributed by atoms with Gasteiger partial charge in [-0.05, 0) is 43.2 Å². The highest BCUT2D eigenvalue weighted by atomic mass is 32.2. The van der Waals surface area contributed by atoms with Crippen molar-refractivity contribution in [2.24, 2.45) is 0 Å². The van der Waals surface area contributed by atoms with Crippen molar-refractivity contribution in [1.82, 2.24) is 10.2 Å². The number of anilines is 2. The molecule has 3 heterocycles. The van der Waals surface area contributed by atoms with Crippen molar-refractivity contribution in [3.63, 3.8) is 0 Å². The summed E-state index contributed by atoms with van der Waals surface area (Å²) in [7, 11) is 0. The standard InChI is InChI=1S/C19H17F3N4O3S/c20-19(21,22)12-5-6-14(26-7-1-2-8-26)13(10-12)23-16(27)11-30-18-25-24-17(29-18)15-4-3-9-28-15/h3-6,9-10H,1-2,7-8,11H2,(H,23,27). The number of carbonyl (C=O) groups excluding carboxylic acids is 1. The first kappa shape index (κ1) is 20.3. The lowest BCUT2D eigenvalue weighted by atomic mass is 10.1. The second kappa shape index (κ2) is 8.42. The van der Waals surface area contributed by atoms with Crippen LogP contribution in [-0.4, -0.2) is 34.9 Å². The molecule has 1 saturated heterocycles. The number of nitrogens with one attached hydrogen (secondary N) is 1. The molecule has 1 aliphatic rings. The third-order valence-electron chi connectivity index (χ3n) is 4.51. The predicted octanol–water partition coefficient (Wildman–Crippen LogP) is 4.68. The van der Waals surface area contributed by atoms with Gasteiger partial charge in [-0.1, -0.05) is 11.8 Å². The first-order valence-electron chi connectivity index (χ1n) is 9.16. The van der Waals surface area contributed by atoms with Crippen molar-refractivity contribution in [2.45, 2.75) is 24.2 Å². The molecule has 0 saturated carbocycles. The smallest absolute Gasteiger partial charge is 0.416 e. The highest BCUT2D eigenvalue weighted by Crippen LogP contribution is 2.36. The van der Waals surface area contributed by atoms with Crippen LogP contribution in [0, 0.1) is 0 Å². The average Bonchev–Trinajstić information content (AvgIpc) is 3.48. The van der Waals surface area contributed by atoms with Gasteiger partial charge < -0.3 is 19.1 Å². The van der Waals surface area contributed by atoms with Gasteiger partial charge in [0.05, 0.1) is 29.0 Å². The Morgan fingerprint density at radius 2 is 2.00 bits per heavy atom. The number of aromatic nitrogens is 2. The zero-order chi connectivity index (χ0) is 21.1. The number of hydrogen-bond donors (Lipinski definition) is 1. The van der Waals surface area contributed by atoms with E-state index in [0.29, 0.717) is 11.4 Å². The third-order valence-corrected chi connectivity index (χ3v) is 5.33. The lowest BCUT2D eigenvalue weighted by molar-refractivity contribution is -0.137. The van der Waals surface area contributed by atoms with Crippen LogP contribution >= 0.6 is 11.8 Å². The Balaban J connectivity index is 1.45. The summed E-state index contributed by atoms with van der Waals surface area (Å²) in [6.45, 7) is 1.47. The number of carbonyl (C=O) groups is 1. The van der Waals surface area contributed by atoms with Gasteiger partial charge in [-0.15, -0.1) is 10.2 Å². The largest absolute Gasteiger partial charge is 0.459 e. The molecular formula is C19H17F3N4O3S. The predicted molar refractivity (Wildman–Crippen MR) is 104 cm³/mol. The van der Waals surface area contributed by atoms with E-state index in [1.54, 1.807) is 12.1 Å². The summed E-state index contributed by atoms with van der Waals surface area (Å²) < 4.78 is 50.0. The minimum atomic E-state index is -4.50. The molecule has 1 aliphatic heterocycles.